The second-order valence-electron chi connectivity index (χ2n) is 14.9. The second-order valence-corrected chi connectivity index (χ2v) is 14.9. The topological polar surface area (TPSA) is 61.6 Å². The lowest BCUT2D eigenvalue weighted by Crippen LogP contribution is -2.18. The van der Waals surface area contributed by atoms with Gasteiger partial charge in [0.2, 0.25) is 0 Å². The molecule has 7 nitrogen and oxygen atoms in total. The molecule has 7 heteroatoms. The van der Waals surface area contributed by atoms with Crippen molar-refractivity contribution in [1.82, 2.24) is 15.0 Å². The molecule has 8 aromatic carbocycles. The summed E-state index contributed by atoms with van der Waals surface area (Å²) in [5.41, 5.74) is 19.0. The van der Waals surface area contributed by atoms with Crippen LogP contribution in [0.1, 0.15) is 0 Å². The van der Waals surface area contributed by atoms with Gasteiger partial charge in [0, 0.05) is 34.1 Å². The van der Waals surface area contributed by atoms with Gasteiger partial charge in [0.1, 0.15) is 11.0 Å². The predicted molar refractivity (Wildman–Crippen MR) is 257 cm³/mol. The molecule has 1 aliphatic carbocycles. The standard InChI is InChI=1S/C55H41N7/c1-40-37-51(33-35-53(40)57-56-45-17-6-2-7-18-45)60(46-19-8-3-9-20-46)48-29-25-41(26-30-48)43-15-14-16-44(38-43)42-27-31-49(32-28-42)61(47-21-10-4-11-22-47)52-34-36-54-55(39-52)59-62(58-54)50-23-12-5-13-24-50/h2-39,56H,1H2/b57-53-. The zero-order valence-corrected chi connectivity index (χ0v) is 33.8. The Morgan fingerprint density at radius 2 is 0.952 bits per heavy atom. The van der Waals surface area contributed by atoms with E-state index in [2.05, 4.69) is 173 Å². The van der Waals surface area contributed by atoms with Gasteiger partial charge in [-0.25, -0.2) is 0 Å². The highest BCUT2D eigenvalue weighted by Gasteiger charge is 2.18. The van der Waals surface area contributed by atoms with Crippen molar-refractivity contribution in [3.05, 3.63) is 248 Å². The van der Waals surface area contributed by atoms with Crippen LogP contribution in [0.2, 0.25) is 0 Å². The van der Waals surface area contributed by atoms with E-state index in [1.165, 1.54) is 0 Å². The van der Waals surface area contributed by atoms with Crippen LogP contribution in [0.4, 0.5) is 34.1 Å². The minimum absolute atomic E-state index is 0.784. The molecule has 296 valence electrons. The third kappa shape index (κ3) is 7.94. The van der Waals surface area contributed by atoms with Crippen LogP contribution in [0.5, 0.6) is 0 Å². The van der Waals surface area contributed by atoms with E-state index in [0.717, 1.165) is 90.1 Å². The van der Waals surface area contributed by atoms with Gasteiger partial charge in [0.05, 0.1) is 17.1 Å². The van der Waals surface area contributed by atoms with Crippen molar-refractivity contribution in [2.75, 3.05) is 15.2 Å². The van der Waals surface area contributed by atoms with E-state index in [0.29, 0.717) is 0 Å². The van der Waals surface area contributed by atoms with E-state index >= 15 is 0 Å². The van der Waals surface area contributed by atoms with Crippen molar-refractivity contribution in [2.24, 2.45) is 5.10 Å². The minimum Gasteiger partial charge on any atom is -0.310 e. The molecule has 0 saturated carbocycles. The number of anilines is 6. The fourth-order valence-electron chi connectivity index (χ4n) is 7.71. The van der Waals surface area contributed by atoms with Gasteiger partial charge in [-0.2, -0.15) is 9.90 Å². The van der Waals surface area contributed by atoms with Crippen LogP contribution in [0.25, 0.3) is 39.0 Å². The lowest BCUT2D eigenvalue weighted by atomic mass is 9.98. The number of allylic oxidation sites excluding steroid dienone is 4. The van der Waals surface area contributed by atoms with Gasteiger partial charge >= 0.3 is 0 Å². The van der Waals surface area contributed by atoms with Crippen LogP contribution in [0.3, 0.4) is 0 Å². The Labute approximate surface area is 361 Å². The van der Waals surface area contributed by atoms with Crippen molar-refractivity contribution >= 4 is 50.9 Å². The summed E-state index contributed by atoms with van der Waals surface area (Å²) in [6, 6.07) is 73.2. The summed E-state index contributed by atoms with van der Waals surface area (Å²) >= 11 is 0. The maximum absolute atomic E-state index is 4.83. The van der Waals surface area contributed by atoms with Gasteiger partial charge in [-0.3, -0.25) is 5.43 Å². The molecule has 9 aromatic rings. The molecule has 62 heavy (non-hydrogen) atoms. The number of hydrogen-bond donors (Lipinski definition) is 1. The number of para-hydroxylation sites is 4. The third-order valence-corrected chi connectivity index (χ3v) is 10.8. The molecule has 0 atom stereocenters. The summed E-state index contributed by atoms with van der Waals surface area (Å²) in [6.07, 6.45) is 6.18. The fourth-order valence-corrected chi connectivity index (χ4v) is 7.71. The molecular weight excluding hydrogens is 759 g/mol. The van der Waals surface area contributed by atoms with Crippen LogP contribution >= 0.6 is 0 Å². The molecule has 1 heterocycles. The van der Waals surface area contributed by atoms with E-state index < -0.39 is 0 Å². The first-order chi connectivity index (χ1) is 30.6. The molecule has 0 aliphatic heterocycles. The summed E-state index contributed by atoms with van der Waals surface area (Å²) < 4.78 is 0. The van der Waals surface area contributed by atoms with Crippen molar-refractivity contribution in [3.8, 4) is 27.9 Å². The van der Waals surface area contributed by atoms with Gasteiger partial charge in [0.15, 0.2) is 0 Å². The summed E-state index contributed by atoms with van der Waals surface area (Å²) in [5, 5.41) is 14.2. The van der Waals surface area contributed by atoms with E-state index in [9.17, 15) is 0 Å². The monoisotopic (exact) mass is 799 g/mol. The van der Waals surface area contributed by atoms with E-state index in [1.54, 1.807) is 4.80 Å². The number of rotatable bonds is 11. The van der Waals surface area contributed by atoms with Gasteiger partial charge in [-0.05, 0) is 143 Å². The van der Waals surface area contributed by atoms with E-state index in [4.69, 9.17) is 10.2 Å². The Kier molecular flexibility index (Phi) is 10.3. The number of benzene rings is 8. The molecule has 0 fully saturated rings. The number of nitrogens with one attached hydrogen (secondary N) is 1. The Morgan fingerprint density at radius 3 is 1.56 bits per heavy atom. The van der Waals surface area contributed by atoms with E-state index in [1.807, 2.05) is 84.9 Å². The Morgan fingerprint density at radius 1 is 0.435 bits per heavy atom. The quantitative estimate of drug-likeness (QED) is 0.132. The maximum atomic E-state index is 4.83. The zero-order chi connectivity index (χ0) is 41.7. The highest BCUT2D eigenvalue weighted by molar-refractivity contribution is 6.12. The lowest BCUT2D eigenvalue weighted by Gasteiger charge is -2.28. The van der Waals surface area contributed by atoms with Crippen molar-refractivity contribution in [3.63, 3.8) is 0 Å². The van der Waals surface area contributed by atoms with Crippen LogP contribution in [-0.4, -0.2) is 20.7 Å². The molecule has 10 rings (SSSR count). The highest BCUT2D eigenvalue weighted by Crippen LogP contribution is 2.38. The molecular formula is C55H41N7. The maximum Gasteiger partial charge on any atom is 0.115 e. The SMILES string of the molecule is C=C1C=C(N(c2ccccc2)c2ccc(-c3cccc(-c4ccc(N(c5ccccc5)c5ccc6nn(-c7ccccc7)nc6c5)cc4)c3)cc2)C=C/C1=N/Nc1ccccc1. The van der Waals surface area contributed by atoms with Crippen LogP contribution < -0.4 is 15.2 Å². The number of fused-ring (bicyclic) bond motifs is 1. The second kappa shape index (κ2) is 17.0. The minimum atomic E-state index is 0.784. The number of aromatic nitrogens is 3. The average Bonchev–Trinajstić information content (AvgIpc) is 3.77. The molecule has 0 amide bonds. The van der Waals surface area contributed by atoms with E-state index in [-0.39, 0.29) is 0 Å². The summed E-state index contributed by atoms with van der Waals surface area (Å²) in [6.45, 7) is 4.34. The molecule has 0 radical (unpaired) electrons. The van der Waals surface area contributed by atoms with Crippen molar-refractivity contribution in [1.29, 1.82) is 0 Å². The molecule has 1 aliphatic rings. The molecule has 0 unspecified atom stereocenters. The molecule has 1 aromatic heterocycles. The third-order valence-electron chi connectivity index (χ3n) is 10.8. The van der Waals surface area contributed by atoms with Crippen LogP contribution in [0.15, 0.2) is 254 Å². The van der Waals surface area contributed by atoms with Gasteiger partial charge in [-0.1, -0.05) is 122 Å². The summed E-state index contributed by atoms with van der Waals surface area (Å²) in [5.74, 6) is 0. The van der Waals surface area contributed by atoms with Gasteiger partial charge in [-0.15, -0.1) is 10.2 Å². The zero-order valence-electron chi connectivity index (χ0n) is 33.8. The summed E-state index contributed by atoms with van der Waals surface area (Å²) in [7, 11) is 0. The smallest absolute Gasteiger partial charge is 0.115 e. The van der Waals surface area contributed by atoms with Crippen molar-refractivity contribution < 1.29 is 0 Å². The van der Waals surface area contributed by atoms with Gasteiger partial charge < -0.3 is 9.80 Å². The Hall–Kier alpha value is -8.55. The molecule has 0 bridgehead atoms. The molecule has 1 N–H and O–H groups in total. The summed E-state index contributed by atoms with van der Waals surface area (Å²) in [4.78, 5) is 6.20. The highest BCUT2D eigenvalue weighted by atomic mass is 15.5. The first-order valence-electron chi connectivity index (χ1n) is 20.5. The normalized spacial score (nSPS) is 12.9. The fraction of sp³-hybridized carbons (Fsp3) is 0. The first-order valence-corrected chi connectivity index (χ1v) is 20.5. The van der Waals surface area contributed by atoms with Gasteiger partial charge in [0.25, 0.3) is 0 Å². The number of nitrogens with zero attached hydrogens (tertiary/aromatic N) is 6. The average molecular weight is 800 g/mol. The molecule has 0 spiro atoms. The predicted octanol–water partition coefficient (Wildman–Crippen LogP) is 13.8. The number of hydrogen-bond acceptors (Lipinski definition) is 6. The first kappa shape index (κ1) is 37.7. The largest absolute Gasteiger partial charge is 0.310 e. The van der Waals surface area contributed by atoms with Crippen molar-refractivity contribution in [2.45, 2.75) is 0 Å². The Bertz CT molecular complexity index is 3080. The lowest BCUT2D eigenvalue weighted by molar-refractivity contribution is 0.766. The molecule has 0 saturated heterocycles. The number of hydrazone groups is 1. The Balaban J connectivity index is 0.906. The van der Waals surface area contributed by atoms with Crippen LogP contribution in [-0.2, 0) is 0 Å². The van der Waals surface area contributed by atoms with Crippen LogP contribution in [0, 0.1) is 0 Å².